The Labute approximate surface area is 214 Å². The summed E-state index contributed by atoms with van der Waals surface area (Å²) in [5, 5.41) is 3.07. The van der Waals surface area contributed by atoms with Gasteiger partial charge in [-0.1, -0.05) is 55.3 Å². The van der Waals surface area contributed by atoms with Crippen LogP contribution in [0, 0.1) is 0 Å². The molecule has 1 saturated carbocycles. The zero-order valence-corrected chi connectivity index (χ0v) is 22.2. The van der Waals surface area contributed by atoms with Crippen molar-refractivity contribution in [3.63, 3.8) is 0 Å². The number of nitrogens with one attached hydrogen (secondary N) is 1. The normalized spacial score (nSPS) is 14.8. The molecule has 2 aromatic rings. The number of carbonyl (C=O) groups excluding carboxylic acids is 2. The lowest BCUT2D eigenvalue weighted by atomic mass is 10.1. The van der Waals surface area contributed by atoms with Crippen LogP contribution in [0.25, 0.3) is 0 Å². The predicted molar refractivity (Wildman–Crippen MR) is 142 cm³/mol. The summed E-state index contributed by atoms with van der Waals surface area (Å²) in [7, 11) is -3.81. The Morgan fingerprint density at radius 2 is 1.69 bits per heavy atom. The number of carbonyl (C=O) groups is 2. The van der Waals surface area contributed by atoms with Crippen molar-refractivity contribution in [1.82, 2.24) is 10.2 Å². The first-order valence-corrected chi connectivity index (χ1v) is 14.4. The molecule has 196 valence electrons. The fourth-order valence-corrected chi connectivity index (χ4v) is 5.35. The molecule has 0 aromatic heterocycles. The van der Waals surface area contributed by atoms with E-state index in [9.17, 15) is 18.0 Å². The molecule has 2 amide bonds. The van der Waals surface area contributed by atoms with Crippen molar-refractivity contribution in [1.29, 1.82) is 0 Å². The Kier molecular flexibility index (Phi) is 9.75. The molecular weight excluding hydrogens is 478 g/mol. The summed E-state index contributed by atoms with van der Waals surface area (Å²) in [5.74, 6) is -0.290. The summed E-state index contributed by atoms with van der Waals surface area (Å²) in [6.45, 7) is 3.71. The van der Waals surface area contributed by atoms with Crippen molar-refractivity contribution in [2.45, 2.75) is 58.0 Å². The van der Waals surface area contributed by atoms with Gasteiger partial charge in [0.1, 0.15) is 18.3 Å². The highest BCUT2D eigenvalue weighted by Gasteiger charge is 2.31. The van der Waals surface area contributed by atoms with Crippen LogP contribution in [0.2, 0.25) is 0 Å². The number of rotatable bonds is 12. The van der Waals surface area contributed by atoms with Crippen LogP contribution < -0.4 is 14.4 Å². The number of para-hydroxylation sites is 2. The van der Waals surface area contributed by atoms with E-state index >= 15 is 0 Å². The number of hydrogen-bond acceptors (Lipinski definition) is 5. The summed E-state index contributed by atoms with van der Waals surface area (Å²) in [5.41, 5.74) is 1.32. The van der Waals surface area contributed by atoms with Crippen LogP contribution in [-0.4, -0.2) is 63.2 Å². The second-order valence-electron chi connectivity index (χ2n) is 9.16. The van der Waals surface area contributed by atoms with Crippen LogP contribution in [0.3, 0.4) is 0 Å². The number of benzene rings is 2. The number of ether oxygens (including phenoxy) is 1. The molecule has 0 unspecified atom stereocenters. The number of nitrogens with zero attached hydrogens (tertiary/aromatic N) is 2. The maximum atomic E-state index is 13.6. The van der Waals surface area contributed by atoms with Crippen molar-refractivity contribution < 1.29 is 22.7 Å². The van der Waals surface area contributed by atoms with Gasteiger partial charge in [-0.05, 0) is 50.8 Å². The number of sulfonamides is 1. The minimum atomic E-state index is -3.81. The first-order chi connectivity index (χ1) is 17.2. The quantitative estimate of drug-likeness (QED) is 0.468. The Bertz CT molecular complexity index is 1120. The van der Waals surface area contributed by atoms with Gasteiger partial charge in [-0.15, -0.1) is 0 Å². The molecule has 1 fully saturated rings. The van der Waals surface area contributed by atoms with Gasteiger partial charge in [0.15, 0.2) is 0 Å². The van der Waals surface area contributed by atoms with Gasteiger partial charge in [-0.25, -0.2) is 8.42 Å². The summed E-state index contributed by atoms with van der Waals surface area (Å²) in [4.78, 5) is 28.2. The molecule has 1 aliphatic carbocycles. The van der Waals surface area contributed by atoms with Gasteiger partial charge < -0.3 is 15.0 Å². The molecule has 0 radical (unpaired) electrons. The Hall–Kier alpha value is -3.07. The number of hydrogen-bond donors (Lipinski definition) is 1. The zero-order valence-electron chi connectivity index (χ0n) is 21.4. The van der Waals surface area contributed by atoms with Crippen molar-refractivity contribution >= 4 is 27.5 Å². The van der Waals surface area contributed by atoms with E-state index in [1.807, 2.05) is 37.3 Å². The van der Waals surface area contributed by atoms with Gasteiger partial charge in [-0.3, -0.25) is 13.9 Å². The maximum Gasteiger partial charge on any atom is 0.244 e. The van der Waals surface area contributed by atoms with E-state index in [0.29, 0.717) is 24.5 Å². The first-order valence-electron chi connectivity index (χ1n) is 12.5. The van der Waals surface area contributed by atoms with Gasteiger partial charge in [0.2, 0.25) is 21.8 Å². The lowest BCUT2D eigenvalue weighted by Gasteiger charge is -2.32. The molecule has 9 heteroatoms. The monoisotopic (exact) mass is 515 g/mol. The Morgan fingerprint density at radius 3 is 2.33 bits per heavy atom. The molecule has 0 bridgehead atoms. The molecular formula is C27H37N3O5S. The lowest BCUT2D eigenvalue weighted by molar-refractivity contribution is -0.139. The van der Waals surface area contributed by atoms with Gasteiger partial charge in [0.25, 0.3) is 0 Å². The topological polar surface area (TPSA) is 96.0 Å². The van der Waals surface area contributed by atoms with Gasteiger partial charge in [0.05, 0.1) is 18.6 Å². The minimum absolute atomic E-state index is 0.122. The molecule has 8 nitrogen and oxygen atoms in total. The highest BCUT2D eigenvalue weighted by atomic mass is 32.2. The van der Waals surface area contributed by atoms with Crippen LogP contribution in [0.5, 0.6) is 5.75 Å². The summed E-state index contributed by atoms with van der Waals surface area (Å²) in [6, 6.07) is 15.8. The zero-order chi connectivity index (χ0) is 26.1. The Morgan fingerprint density at radius 1 is 1.06 bits per heavy atom. The van der Waals surface area contributed by atoms with E-state index in [-0.39, 0.29) is 18.5 Å². The molecule has 0 heterocycles. The van der Waals surface area contributed by atoms with Crippen molar-refractivity contribution in [2.24, 2.45) is 0 Å². The molecule has 3 rings (SSSR count). The molecule has 0 spiro atoms. The fourth-order valence-electron chi connectivity index (χ4n) is 4.50. The molecule has 1 aliphatic rings. The molecule has 1 atom stereocenters. The van der Waals surface area contributed by atoms with E-state index in [1.54, 1.807) is 31.2 Å². The lowest BCUT2D eigenvalue weighted by Crippen LogP contribution is -2.53. The third kappa shape index (κ3) is 7.46. The van der Waals surface area contributed by atoms with Crippen LogP contribution in [-0.2, 0) is 26.0 Å². The minimum Gasteiger partial charge on any atom is -0.492 e. The highest BCUT2D eigenvalue weighted by molar-refractivity contribution is 7.92. The van der Waals surface area contributed by atoms with Gasteiger partial charge in [0, 0.05) is 12.6 Å². The standard InChI is InChI=1S/C27H37N3O5S/c1-4-35-25-17-11-10-16-24(25)30(36(3,33)34)20-26(31)29(19-18-22-12-6-5-7-13-22)21(2)27(32)28-23-14-8-9-15-23/h5-7,10-13,16-17,21,23H,4,8-9,14-15,18-20H2,1-3H3,(H,28,32)/t21-/m0/s1. The summed E-state index contributed by atoms with van der Waals surface area (Å²) >= 11 is 0. The molecule has 0 aliphatic heterocycles. The third-order valence-corrected chi connectivity index (χ3v) is 7.59. The summed E-state index contributed by atoms with van der Waals surface area (Å²) < 4.78 is 32.2. The van der Waals surface area contributed by atoms with E-state index < -0.39 is 28.5 Å². The van der Waals surface area contributed by atoms with Crippen LogP contribution in [0.15, 0.2) is 54.6 Å². The van der Waals surface area contributed by atoms with Gasteiger partial charge >= 0.3 is 0 Å². The average molecular weight is 516 g/mol. The largest absolute Gasteiger partial charge is 0.492 e. The van der Waals surface area contributed by atoms with E-state index in [4.69, 9.17) is 4.74 Å². The van der Waals surface area contributed by atoms with Crippen LogP contribution in [0.1, 0.15) is 45.1 Å². The molecule has 0 saturated heterocycles. The maximum absolute atomic E-state index is 13.6. The van der Waals surface area contributed by atoms with E-state index in [1.165, 1.54) is 4.90 Å². The second-order valence-corrected chi connectivity index (χ2v) is 11.1. The van der Waals surface area contributed by atoms with Crippen molar-refractivity contribution in [3.05, 3.63) is 60.2 Å². The van der Waals surface area contributed by atoms with E-state index in [0.717, 1.165) is 41.8 Å². The first kappa shape index (κ1) is 27.5. The fraction of sp³-hybridized carbons (Fsp3) is 0.481. The average Bonchev–Trinajstić information content (AvgIpc) is 3.36. The van der Waals surface area contributed by atoms with Crippen LogP contribution in [0.4, 0.5) is 5.69 Å². The Balaban J connectivity index is 1.85. The molecule has 2 aromatic carbocycles. The molecule has 36 heavy (non-hydrogen) atoms. The SMILES string of the molecule is CCOc1ccccc1N(CC(=O)N(CCc1ccccc1)[C@@H](C)C(=O)NC1CCCC1)S(C)(=O)=O. The number of anilines is 1. The second kappa shape index (κ2) is 12.8. The number of amides is 2. The van der Waals surface area contributed by atoms with E-state index in [2.05, 4.69) is 5.32 Å². The van der Waals surface area contributed by atoms with Crippen molar-refractivity contribution in [2.75, 3.05) is 30.3 Å². The van der Waals surface area contributed by atoms with Crippen molar-refractivity contribution in [3.8, 4) is 5.75 Å². The predicted octanol–water partition coefficient (Wildman–Crippen LogP) is 3.37. The molecule has 1 N–H and O–H groups in total. The summed E-state index contributed by atoms with van der Waals surface area (Å²) in [6.07, 6.45) is 5.64. The smallest absolute Gasteiger partial charge is 0.244 e. The van der Waals surface area contributed by atoms with Gasteiger partial charge in [-0.2, -0.15) is 0 Å². The van der Waals surface area contributed by atoms with Crippen LogP contribution >= 0.6 is 0 Å². The highest BCUT2D eigenvalue weighted by Crippen LogP contribution is 2.30. The third-order valence-electron chi connectivity index (χ3n) is 6.47.